The highest BCUT2D eigenvalue weighted by molar-refractivity contribution is 7.15. The number of thiazole rings is 1. The Balaban J connectivity index is 2.04. The van der Waals surface area contributed by atoms with Gasteiger partial charge in [-0.15, -0.1) is 11.3 Å². The van der Waals surface area contributed by atoms with Crippen LogP contribution in [0.2, 0.25) is 0 Å². The minimum atomic E-state index is 0.00765. The quantitative estimate of drug-likeness (QED) is 0.390. The van der Waals surface area contributed by atoms with Gasteiger partial charge in [0.2, 0.25) is 0 Å². The van der Waals surface area contributed by atoms with E-state index in [2.05, 4.69) is 55.3 Å². The van der Waals surface area contributed by atoms with Gasteiger partial charge in [-0.1, -0.05) is 38.7 Å². The van der Waals surface area contributed by atoms with Crippen LogP contribution in [0.3, 0.4) is 0 Å². The Labute approximate surface area is 167 Å². The van der Waals surface area contributed by atoms with Gasteiger partial charge in [-0.25, -0.2) is 4.98 Å². The number of aromatic nitrogens is 1. The zero-order chi connectivity index (χ0) is 19.8. The maximum Gasteiger partial charge on any atom is 0.187 e. The van der Waals surface area contributed by atoms with E-state index < -0.39 is 0 Å². The molecule has 0 amide bonds. The van der Waals surface area contributed by atoms with Crippen LogP contribution in [-0.2, 0) is 0 Å². The van der Waals surface area contributed by atoms with Gasteiger partial charge in [-0.05, 0) is 56.0 Å². The van der Waals surface area contributed by atoms with Crippen molar-refractivity contribution in [3.05, 3.63) is 71.2 Å². The fourth-order valence-corrected chi connectivity index (χ4v) is 3.42. The SMILES string of the molecule is C=C/C=C(\C=C(/C)CC)/N=C/C(=C\N)C(C)C(=C)Nc1ncc(C2CC2)s1. The number of nitrogens with one attached hydrogen (secondary N) is 1. The minimum absolute atomic E-state index is 0.00765. The number of rotatable bonds is 10. The molecule has 1 atom stereocenters. The van der Waals surface area contributed by atoms with Gasteiger partial charge < -0.3 is 11.1 Å². The molecule has 0 spiro atoms. The second-order valence-corrected chi connectivity index (χ2v) is 7.87. The average molecular weight is 383 g/mol. The van der Waals surface area contributed by atoms with Crippen molar-refractivity contribution in [1.82, 2.24) is 4.98 Å². The van der Waals surface area contributed by atoms with E-state index in [4.69, 9.17) is 5.73 Å². The van der Waals surface area contributed by atoms with Crippen molar-refractivity contribution >= 4 is 22.7 Å². The van der Waals surface area contributed by atoms with Gasteiger partial charge in [0.05, 0.1) is 5.70 Å². The predicted octanol–water partition coefficient (Wildman–Crippen LogP) is 5.92. The number of hydrogen-bond acceptors (Lipinski definition) is 5. The first-order chi connectivity index (χ1) is 13.0. The van der Waals surface area contributed by atoms with E-state index >= 15 is 0 Å². The fraction of sp³-hybridized carbons (Fsp3) is 0.364. The van der Waals surface area contributed by atoms with Crippen LogP contribution in [-0.4, -0.2) is 11.2 Å². The van der Waals surface area contributed by atoms with E-state index in [9.17, 15) is 0 Å². The molecule has 1 aliphatic carbocycles. The topological polar surface area (TPSA) is 63.3 Å². The van der Waals surface area contributed by atoms with Gasteiger partial charge in [0.25, 0.3) is 0 Å². The van der Waals surface area contributed by atoms with Crippen molar-refractivity contribution in [3.63, 3.8) is 0 Å². The largest absolute Gasteiger partial charge is 0.404 e. The summed E-state index contributed by atoms with van der Waals surface area (Å²) in [5.41, 5.74) is 9.71. The number of nitrogens with zero attached hydrogens (tertiary/aromatic N) is 2. The lowest BCUT2D eigenvalue weighted by Crippen LogP contribution is -2.12. The maximum absolute atomic E-state index is 5.85. The molecule has 27 heavy (non-hydrogen) atoms. The van der Waals surface area contributed by atoms with Gasteiger partial charge in [-0.2, -0.15) is 0 Å². The molecule has 1 aliphatic rings. The standard InChI is InChI=1S/C22H30N4S/c1-6-8-20(11-15(3)7-2)24-13-19(12-23)16(4)17(5)26-22-25-14-21(27-22)18-9-10-18/h6,8,11-14,16,18H,1,5,7,9-10,23H2,2-4H3,(H,25,26)/b15-11+,19-12+,20-8+,24-13+. The van der Waals surface area contributed by atoms with E-state index in [1.54, 1.807) is 29.8 Å². The summed E-state index contributed by atoms with van der Waals surface area (Å²) in [4.78, 5) is 10.4. The number of nitrogens with two attached hydrogens (primary N) is 1. The van der Waals surface area contributed by atoms with E-state index in [0.29, 0.717) is 5.92 Å². The maximum atomic E-state index is 5.85. The molecule has 0 bridgehead atoms. The Morgan fingerprint density at radius 1 is 1.52 bits per heavy atom. The molecule has 0 aliphatic heterocycles. The molecular formula is C22H30N4S. The molecule has 4 nitrogen and oxygen atoms in total. The van der Waals surface area contributed by atoms with Gasteiger partial charge in [0.15, 0.2) is 5.13 Å². The van der Waals surface area contributed by atoms with Crippen molar-refractivity contribution in [3.8, 4) is 0 Å². The van der Waals surface area contributed by atoms with Gasteiger partial charge >= 0.3 is 0 Å². The summed E-state index contributed by atoms with van der Waals surface area (Å²) in [6.07, 6.45) is 14.6. The first-order valence-electron chi connectivity index (χ1n) is 9.35. The Kier molecular flexibility index (Phi) is 7.80. The summed E-state index contributed by atoms with van der Waals surface area (Å²) in [5.74, 6) is 0.721. The molecule has 144 valence electrons. The third-order valence-electron chi connectivity index (χ3n) is 4.59. The van der Waals surface area contributed by atoms with Gasteiger partial charge in [0, 0.05) is 28.9 Å². The van der Waals surface area contributed by atoms with E-state index in [-0.39, 0.29) is 5.92 Å². The Bertz CT molecular complexity index is 791. The zero-order valence-corrected chi connectivity index (χ0v) is 17.4. The van der Waals surface area contributed by atoms with Crippen LogP contribution >= 0.6 is 11.3 Å². The highest BCUT2D eigenvalue weighted by Crippen LogP contribution is 2.43. The van der Waals surface area contributed by atoms with Crippen molar-refractivity contribution in [2.45, 2.75) is 46.0 Å². The number of hydrogen-bond donors (Lipinski definition) is 2. The molecule has 1 unspecified atom stereocenters. The van der Waals surface area contributed by atoms with Crippen molar-refractivity contribution in [2.24, 2.45) is 16.6 Å². The zero-order valence-electron chi connectivity index (χ0n) is 16.5. The van der Waals surface area contributed by atoms with Gasteiger partial charge in [-0.3, -0.25) is 4.99 Å². The second kappa shape index (κ2) is 10.1. The van der Waals surface area contributed by atoms with Crippen LogP contribution in [0, 0.1) is 5.92 Å². The molecule has 1 fully saturated rings. The molecule has 1 saturated carbocycles. The molecular weight excluding hydrogens is 352 g/mol. The van der Waals surface area contributed by atoms with Crippen molar-refractivity contribution in [2.75, 3.05) is 5.32 Å². The molecule has 0 aromatic carbocycles. The smallest absolute Gasteiger partial charge is 0.187 e. The molecule has 0 saturated heterocycles. The normalized spacial score (nSPS) is 17.2. The van der Waals surface area contributed by atoms with E-state index in [1.165, 1.54) is 23.3 Å². The second-order valence-electron chi connectivity index (χ2n) is 6.81. The fourth-order valence-electron chi connectivity index (χ4n) is 2.40. The monoisotopic (exact) mass is 382 g/mol. The van der Waals surface area contributed by atoms with Crippen LogP contribution < -0.4 is 11.1 Å². The van der Waals surface area contributed by atoms with E-state index in [0.717, 1.165) is 28.5 Å². The lowest BCUT2D eigenvalue weighted by molar-refractivity contribution is 0.843. The van der Waals surface area contributed by atoms with Crippen LogP contribution in [0.25, 0.3) is 0 Å². The average Bonchev–Trinajstić information content (AvgIpc) is 3.41. The molecule has 1 aromatic rings. The van der Waals surface area contributed by atoms with Crippen LogP contribution in [0.4, 0.5) is 5.13 Å². The summed E-state index contributed by atoms with van der Waals surface area (Å²) >= 11 is 1.71. The van der Waals surface area contributed by atoms with Crippen molar-refractivity contribution < 1.29 is 0 Å². The third kappa shape index (κ3) is 6.36. The van der Waals surface area contributed by atoms with E-state index in [1.807, 2.05) is 12.3 Å². The molecule has 5 heteroatoms. The summed E-state index contributed by atoms with van der Waals surface area (Å²) < 4.78 is 0. The lowest BCUT2D eigenvalue weighted by atomic mass is 10.00. The molecule has 0 radical (unpaired) electrons. The van der Waals surface area contributed by atoms with Crippen molar-refractivity contribution in [1.29, 1.82) is 0 Å². The summed E-state index contributed by atoms with van der Waals surface area (Å²) in [6, 6.07) is 0. The number of aliphatic imine (C=N–C) groups is 1. The Hall–Kier alpha value is -2.40. The predicted molar refractivity (Wildman–Crippen MR) is 119 cm³/mol. The molecule has 2 rings (SSSR count). The molecule has 1 heterocycles. The molecule has 3 N–H and O–H groups in total. The van der Waals surface area contributed by atoms with Crippen LogP contribution in [0.15, 0.2) is 71.3 Å². The summed E-state index contributed by atoms with van der Waals surface area (Å²) in [7, 11) is 0. The number of anilines is 1. The summed E-state index contributed by atoms with van der Waals surface area (Å²) in [5, 5.41) is 4.21. The lowest BCUT2D eigenvalue weighted by Gasteiger charge is -2.16. The summed E-state index contributed by atoms with van der Waals surface area (Å²) in [6.45, 7) is 14.2. The first kappa shape index (κ1) is 20.9. The van der Waals surface area contributed by atoms with Crippen LogP contribution in [0.5, 0.6) is 0 Å². The molecule has 1 aromatic heterocycles. The third-order valence-corrected chi connectivity index (χ3v) is 5.66. The highest BCUT2D eigenvalue weighted by Gasteiger charge is 2.26. The Morgan fingerprint density at radius 2 is 2.26 bits per heavy atom. The highest BCUT2D eigenvalue weighted by atomic mass is 32.1. The first-order valence-corrected chi connectivity index (χ1v) is 10.2. The number of allylic oxidation sites excluding steroid dienone is 5. The minimum Gasteiger partial charge on any atom is -0.404 e. The Morgan fingerprint density at radius 3 is 2.85 bits per heavy atom. The van der Waals surface area contributed by atoms with Crippen LogP contribution in [0.1, 0.15) is 50.8 Å². The van der Waals surface area contributed by atoms with Gasteiger partial charge in [0.1, 0.15) is 0 Å².